The number of carbonyl (C=O) groups excluding carboxylic acids is 1. The van der Waals surface area contributed by atoms with Gasteiger partial charge in [-0.2, -0.15) is 0 Å². The highest BCUT2D eigenvalue weighted by atomic mass is 16.5. The molecule has 1 unspecified atom stereocenters. The SMILES string of the molecule is COc1ccc2c(c1)NC(=O)C(CCC(=O)O)N2. The van der Waals surface area contributed by atoms with Crippen molar-refractivity contribution in [2.45, 2.75) is 18.9 Å². The lowest BCUT2D eigenvalue weighted by atomic mass is 10.1. The van der Waals surface area contributed by atoms with Crippen LogP contribution in [0.25, 0.3) is 0 Å². The number of methoxy groups -OCH3 is 1. The average molecular weight is 250 g/mol. The molecular formula is C12H14N2O4. The summed E-state index contributed by atoms with van der Waals surface area (Å²) >= 11 is 0. The molecule has 6 heteroatoms. The lowest BCUT2D eigenvalue weighted by Gasteiger charge is -2.26. The molecule has 1 aliphatic heterocycles. The van der Waals surface area contributed by atoms with Gasteiger partial charge in [0.25, 0.3) is 0 Å². The monoisotopic (exact) mass is 250 g/mol. The molecule has 0 saturated heterocycles. The summed E-state index contributed by atoms with van der Waals surface area (Å²) < 4.78 is 5.06. The van der Waals surface area contributed by atoms with Crippen LogP contribution >= 0.6 is 0 Å². The zero-order valence-corrected chi connectivity index (χ0v) is 9.90. The van der Waals surface area contributed by atoms with Crippen LogP contribution in [0.15, 0.2) is 18.2 Å². The fourth-order valence-electron chi connectivity index (χ4n) is 1.82. The van der Waals surface area contributed by atoms with Gasteiger partial charge in [0.1, 0.15) is 11.8 Å². The molecule has 1 atom stereocenters. The maximum absolute atomic E-state index is 11.8. The van der Waals surface area contributed by atoms with E-state index in [0.29, 0.717) is 11.4 Å². The number of hydrogen-bond acceptors (Lipinski definition) is 4. The van der Waals surface area contributed by atoms with Gasteiger partial charge in [-0.1, -0.05) is 0 Å². The summed E-state index contributed by atoms with van der Waals surface area (Å²) in [5, 5.41) is 14.4. The first-order valence-corrected chi connectivity index (χ1v) is 5.57. The lowest BCUT2D eigenvalue weighted by molar-refractivity contribution is -0.137. The first-order valence-electron chi connectivity index (χ1n) is 5.57. The molecule has 0 aliphatic carbocycles. The minimum Gasteiger partial charge on any atom is -0.497 e. The van der Waals surface area contributed by atoms with E-state index in [-0.39, 0.29) is 18.7 Å². The molecule has 2 rings (SSSR count). The molecule has 0 radical (unpaired) electrons. The zero-order valence-electron chi connectivity index (χ0n) is 9.90. The molecule has 96 valence electrons. The van der Waals surface area contributed by atoms with Crippen LogP contribution in [-0.2, 0) is 9.59 Å². The second-order valence-electron chi connectivity index (χ2n) is 4.03. The minimum atomic E-state index is -0.912. The third kappa shape index (κ3) is 2.53. The Bertz CT molecular complexity index is 487. The van der Waals surface area contributed by atoms with Crippen molar-refractivity contribution in [3.05, 3.63) is 18.2 Å². The molecule has 0 fully saturated rings. The van der Waals surface area contributed by atoms with Gasteiger partial charge < -0.3 is 20.5 Å². The van der Waals surface area contributed by atoms with Gasteiger partial charge in [0.05, 0.1) is 18.5 Å². The molecule has 18 heavy (non-hydrogen) atoms. The Balaban J connectivity index is 2.13. The van der Waals surface area contributed by atoms with Gasteiger partial charge in [-0.25, -0.2) is 0 Å². The third-order valence-corrected chi connectivity index (χ3v) is 2.78. The van der Waals surface area contributed by atoms with Crippen LogP contribution in [0.1, 0.15) is 12.8 Å². The highest BCUT2D eigenvalue weighted by molar-refractivity contribution is 6.03. The smallest absolute Gasteiger partial charge is 0.303 e. The molecule has 1 aliphatic rings. The number of carboxylic acids is 1. The first kappa shape index (κ1) is 12.2. The summed E-state index contributed by atoms with van der Waals surface area (Å²) in [6.45, 7) is 0. The molecule has 0 aromatic heterocycles. The van der Waals surface area contributed by atoms with Crippen LogP contribution in [0.4, 0.5) is 11.4 Å². The van der Waals surface area contributed by atoms with Gasteiger partial charge in [0, 0.05) is 12.5 Å². The summed E-state index contributed by atoms with van der Waals surface area (Å²) in [5.74, 6) is -0.484. The van der Waals surface area contributed by atoms with Crippen LogP contribution in [-0.4, -0.2) is 30.1 Å². The Morgan fingerprint density at radius 1 is 1.44 bits per heavy atom. The fraction of sp³-hybridized carbons (Fsp3) is 0.333. The van der Waals surface area contributed by atoms with Gasteiger partial charge in [-0.05, 0) is 18.6 Å². The van der Waals surface area contributed by atoms with Crippen LogP contribution in [0.2, 0.25) is 0 Å². The van der Waals surface area contributed by atoms with Crippen molar-refractivity contribution < 1.29 is 19.4 Å². The molecule has 0 bridgehead atoms. The highest BCUT2D eigenvalue weighted by Crippen LogP contribution is 2.31. The summed E-state index contributed by atoms with van der Waals surface area (Å²) in [7, 11) is 1.55. The number of carboxylic acid groups (broad SMARTS) is 1. The van der Waals surface area contributed by atoms with E-state index in [1.165, 1.54) is 0 Å². The molecule has 0 spiro atoms. The van der Waals surface area contributed by atoms with E-state index in [4.69, 9.17) is 9.84 Å². The Kier molecular flexibility index (Phi) is 3.36. The van der Waals surface area contributed by atoms with E-state index in [1.807, 2.05) is 0 Å². The minimum absolute atomic E-state index is 0.0451. The largest absolute Gasteiger partial charge is 0.497 e. The number of fused-ring (bicyclic) bond motifs is 1. The van der Waals surface area contributed by atoms with E-state index in [0.717, 1.165) is 5.69 Å². The van der Waals surface area contributed by atoms with Crippen molar-refractivity contribution in [3.63, 3.8) is 0 Å². The van der Waals surface area contributed by atoms with Crippen molar-refractivity contribution >= 4 is 23.3 Å². The first-order chi connectivity index (χ1) is 8.60. The number of rotatable bonds is 4. The van der Waals surface area contributed by atoms with Gasteiger partial charge in [0.2, 0.25) is 5.91 Å². The topological polar surface area (TPSA) is 87.7 Å². The van der Waals surface area contributed by atoms with Gasteiger partial charge in [0.15, 0.2) is 0 Å². The summed E-state index contributed by atoms with van der Waals surface area (Å²) in [6, 6.07) is 4.77. The number of amides is 1. The zero-order chi connectivity index (χ0) is 13.1. The van der Waals surface area contributed by atoms with Gasteiger partial charge in [-0.15, -0.1) is 0 Å². The fourth-order valence-corrected chi connectivity index (χ4v) is 1.82. The standard InChI is InChI=1S/C12H14N2O4/c1-18-7-2-3-8-10(6-7)14-12(17)9(13-8)4-5-11(15)16/h2-3,6,9,13H,4-5H2,1H3,(H,14,17)(H,15,16). The van der Waals surface area contributed by atoms with E-state index >= 15 is 0 Å². The van der Waals surface area contributed by atoms with E-state index < -0.39 is 12.0 Å². The molecule has 6 nitrogen and oxygen atoms in total. The molecule has 1 aromatic rings. The third-order valence-electron chi connectivity index (χ3n) is 2.78. The van der Waals surface area contributed by atoms with Gasteiger partial charge in [-0.3, -0.25) is 9.59 Å². The predicted molar refractivity (Wildman–Crippen MR) is 65.9 cm³/mol. The predicted octanol–water partition coefficient (Wildman–Crippen LogP) is 1.29. The molecular weight excluding hydrogens is 236 g/mol. The number of nitrogens with one attached hydrogen (secondary N) is 2. The number of benzene rings is 1. The van der Waals surface area contributed by atoms with Crippen LogP contribution in [0.5, 0.6) is 5.75 Å². The lowest BCUT2D eigenvalue weighted by Crippen LogP contribution is -2.39. The number of ether oxygens (including phenoxy) is 1. The second-order valence-corrected chi connectivity index (χ2v) is 4.03. The van der Waals surface area contributed by atoms with Crippen molar-refractivity contribution in [2.75, 3.05) is 17.7 Å². The van der Waals surface area contributed by atoms with Crippen molar-refractivity contribution in [2.24, 2.45) is 0 Å². The summed E-state index contributed by atoms with van der Waals surface area (Å²) in [4.78, 5) is 22.3. The Morgan fingerprint density at radius 2 is 2.22 bits per heavy atom. The molecule has 1 amide bonds. The van der Waals surface area contributed by atoms with Crippen LogP contribution in [0, 0.1) is 0 Å². The second kappa shape index (κ2) is 4.95. The number of aliphatic carboxylic acids is 1. The molecule has 3 N–H and O–H groups in total. The molecule has 1 heterocycles. The summed E-state index contributed by atoms with van der Waals surface area (Å²) in [6.07, 6.45) is 0.212. The molecule has 1 aromatic carbocycles. The van der Waals surface area contributed by atoms with Crippen LogP contribution in [0.3, 0.4) is 0 Å². The number of hydrogen-bond donors (Lipinski definition) is 3. The Labute approximate surface area is 104 Å². The van der Waals surface area contributed by atoms with E-state index in [2.05, 4.69) is 10.6 Å². The Hall–Kier alpha value is -2.24. The van der Waals surface area contributed by atoms with Crippen molar-refractivity contribution in [1.82, 2.24) is 0 Å². The maximum Gasteiger partial charge on any atom is 0.303 e. The number of carbonyl (C=O) groups is 2. The normalized spacial score (nSPS) is 17.4. The summed E-state index contributed by atoms with van der Waals surface area (Å²) in [5.41, 5.74) is 1.41. The van der Waals surface area contributed by atoms with Gasteiger partial charge >= 0.3 is 5.97 Å². The molecule has 0 saturated carbocycles. The number of anilines is 2. The highest BCUT2D eigenvalue weighted by Gasteiger charge is 2.25. The van der Waals surface area contributed by atoms with Crippen molar-refractivity contribution in [1.29, 1.82) is 0 Å². The quantitative estimate of drug-likeness (QED) is 0.749. The maximum atomic E-state index is 11.8. The van der Waals surface area contributed by atoms with E-state index in [9.17, 15) is 9.59 Å². The average Bonchev–Trinajstić information content (AvgIpc) is 2.35. The van der Waals surface area contributed by atoms with E-state index in [1.54, 1.807) is 25.3 Å². The Morgan fingerprint density at radius 3 is 2.89 bits per heavy atom. The van der Waals surface area contributed by atoms with Crippen molar-refractivity contribution in [3.8, 4) is 5.75 Å². The van der Waals surface area contributed by atoms with Crippen LogP contribution < -0.4 is 15.4 Å².